The van der Waals surface area contributed by atoms with Gasteiger partial charge in [-0.2, -0.15) is 0 Å². The molecule has 1 N–H and O–H groups in total. The standard InChI is InChI=1S/C13H20N2O5S/c1-15(2)21(17,18)10-5-6-12(20-4)11(9-10)13(16)14-7-8-19-3/h5-6,9H,7-8H2,1-4H3,(H,14,16). The van der Waals surface area contributed by atoms with E-state index in [1.165, 1.54) is 46.5 Å². The molecule has 0 saturated heterocycles. The molecule has 1 aromatic rings. The van der Waals surface area contributed by atoms with Gasteiger partial charge in [0.25, 0.3) is 5.91 Å². The van der Waals surface area contributed by atoms with Crippen molar-refractivity contribution in [2.45, 2.75) is 4.90 Å². The fourth-order valence-electron chi connectivity index (χ4n) is 1.60. The molecule has 0 bridgehead atoms. The number of rotatable bonds is 7. The van der Waals surface area contributed by atoms with Gasteiger partial charge in [-0.1, -0.05) is 0 Å². The molecule has 0 aromatic heterocycles. The van der Waals surface area contributed by atoms with Crippen molar-refractivity contribution in [3.63, 3.8) is 0 Å². The number of methoxy groups -OCH3 is 2. The highest BCUT2D eigenvalue weighted by molar-refractivity contribution is 7.89. The number of hydrogen-bond donors (Lipinski definition) is 1. The zero-order chi connectivity index (χ0) is 16.0. The Bertz CT molecular complexity index is 599. The molecule has 118 valence electrons. The van der Waals surface area contributed by atoms with Gasteiger partial charge in [0, 0.05) is 27.7 Å². The molecule has 1 rings (SSSR count). The summed E-state index contributed by atoms with van der Waals surface area (Å²) in [6.45, 7) is 0.687. The van der Waals surface area contributed by atoms with E-state index in [2.05, 4.69) is 5.32 Å². The van der Waals surface area contributed by atoms with Crippen molar-refractivity contribution in [2.75, 3.05) is 41.5 Å². The molecule has 0 aliphatic rings. The highest BCUT2D eigenvalue weighted by Gasteiger charge is 2.21. The summed E-state index contributed by atoms with van der Waals surface area (Å²) in [5.74, 6) is -0.109. The molecule has 0 aliphatic carbocycles. The summed E-state index contributed by atoms with van der Waals surface area (Å²) in [6.07, 6.45) is 0. The Morgan fingerprint density at radius 1 is 1.29 bits per heavy atom. The maximum atomic E-state index is 12.1. The summed E-state index contributed by atoms with van der Waals surface area (Å²) >= 11 is 0. The first kappa shape index (κ1) is 17.4. The first-order valence-electron chi connectivity index (χ1n) is 6.22. The smallest absolute Gasteiger partial charge is 0.255 e. The second-order valence-corrected chi connectivity index (χ2v) is 6.55. The third kappa shape index (κ3) is 4.16. The summed E-state index contributed by atoms with van der Waals surface area (Å²) in [6, 6.07) is 4.16. The van der Waals surface area contributed by atoms with E-state index in [1.807, 2.05) is 0 Å². The summed E-state index contributed by atoms with van der Waals surface area (Å²) in [5, 5.41) is 2.63. The number of amides is 1. The van der Waals surface area contributed by atoms with Crippen LogP contribution in [0.15, 0.2) is 23.1 Å². The number of carbonyl (C=O) groups excluding carboxylic acids is 1. The van der Waals surface area contributed by atoms with E-state index >= 15 is 0 Å². The van der Waals surface area contributed by atoms with E-state index in [0.717, 1.165) is 4.31 Å². The van der Waals surface area contributed by atoms with Gasteiger partial charge >= 0.3 is 0 Å². The van der Waals surface area contributed by atoms with E-state index in [4.69, 9.17) is 9.47 Å². The van der Waals surface area contributed by atoms with Gasteiger partial charge in [-0.15, -0.1) is 0 Å². The summed E-state index contributed by atoms with van der Waals surface area (Å²) in [5.41, 5.74) is 0.163. The van der Waals surface area contributed by atoms with Gasteiger partial charge in [0.2, 0.25) is 10.0 Å². The van der Waals surface area contributed by atoms with Crippen LogP contribution >= 0.6 is 0 Å². The lowest BCUT2D eigenvalue weighted by Crippen LogP contribution is -2.28. The molecule has 0 fully saturated rings. The van der Waals surface area contributed by atoms with Crippen LogP contribution in [0.1, 0.15) is 10.4 Å². The number of sulfonamides is 1. The second kappa shape index (κ2) is 7.39. The number of hydrogen-bond acceptors (Lipinski definition) is 5. The third-order valence-electron chi connectivity index (χ3n) is 2.79. The molecule has 0 spiro atoms. The van der Waals surface area contributed by atoms with Crippen LogP contribution < -0.4 is 10.1 Å². The predicted octanol–water partition coefficient (Wildman–Crippen LogP) is 0.322. The molecule has 1 amide bonds. The minimum absolute atomic E-state index is 0.0326. The Balaban J connectivity index is 3.15. The summed E-state index contributed by atoms with van der Waals surface area (Å²) < 4.78 is 35.2. The van der Waals surface area contributed by atoms with E-state index in [9.17, 15) is 13.2 Å². The van der Waals surface area contributed by atoms with Crippen LogP contribution in [0.5, 0.6) is 5.75 Å². The number of carbonyl (C=O) groups is 1. The molecule has 21 heavy (non-hydrogen) atoms. The van der Waals surface area contributed by atoms with Crippen molar-refractivity contribution >= 4 is 15.9 Å². The van der Waals surface area contributed by atoms with E-state index in [-0.39, 0.29) is 10.5 Å². The Hall–Kier alpha value is -1.64. The lowest BCUT2D eigenvalue weighted by molar-refractivity contribution is 0.0934. The van der Waals surface area contributed by atoms with Crippen LogP contribution in [0.3, 0.4) is 0 Å². The number of nitrogens with zero attached hydrogens (tertiary/aromatic N) is 1. The molecule has 0 saturated carbocycles. The predicted molar refractivity (Wildman–Crippen MR) is 78.1 cm³/mol. The van der Waals surface area contributed by atoms with E-state index in [0.29, 0.717) is 18.9 Å². The monoisotopic (exact) mass is 316 g/mol. The number of benzene rings is 1. The fraction of sp³-hybridized carbons (Fsp3) is 0.462. The highest BCUT2D eigenvalue weighted by Crippen LogP contribution is 2.23. The molecule has 1 aromatic carbocycles. The van der Waals surface area contributed by atoms with Crippen LogP contribution in [0.4, 0.5) is 0 Å². The Labute approximate surface area is 124 Å². The van der Waals surface area contributed by atoms with Crippen LogP contribution in [-0.2, 0) is 14.8 Å². The molecular weight excluding hydrogens is 296 g/mol. The fourth-order valence-corrected chi connectivity index (χ4v) is 2.53. The highest BCUT2D eigenvalue weighted by atomic mass is 32.2. The van der Waals surface area contributed by atoms with Crippen LogP contribution in [-0.4, -0.2) is 60.1 Å². The summed E-state index contributed by atoms with van der Waals surface area (Å²) in [4.78, 5) is 12.1. The second-order valence-electron chi connectivity index (χ2n) is 4.40. The Morgan fingerprint density at radius 3 is 2.48 bits per heavy atom. The van der Waals surface area contributed by atoms with Crippen molar-refractivity contribution < 1.29 is 22.7 Å². The Kier molecular flexibility index (Phi) is 6.13. The zero-order valence-corrected chi connectivity index (χ0v) is 13.4. The Morgan fingerprint density at radius 2 is 1.95 bits per heavy atom. The maximum absolute atomic E-state index is 12.1. The van der Waals surface area contributed by atoms with Gasteiger partial charge in [-0.05, 0) is 18.2 Å². The normalized spacial score (nSPS) is 11.5. The minimum atomic E-state index is -3.61. The maximum Gasteiger partial charge on any atom is 0.255 e. The lowest BCUT2D eigenvalue weighted by Gasteiger charge is -2.14. The summed E-state index contributed by atoms with van der Waals surface area (Å²) in [7, 11) is 2.19. The lowest BCUT2D eigenvalue weighted by atomic mass is 10.2. The first-order chi connectivity index (χ1) is 9.84. The topological polar surface area (TPSA) is 84.9 Å². The van der Waals surface area contributed by atoms with Gasteiger partial charge < -0.3 is 14.8 Å². The zero-order valence-electron chi connectivity index (χ0n) is 12.5. The molecule has 0 heterocycles. The molecule has 8 heteroatoms. The van der Waals surface area contributed by atoms with Gasteiger partial charge in [0.1, 0.15) is 5.75 Å². The van der Waals surface area contributed by atoms with E-state index < -0.39 is 15.9 Å². The average Bonchev–Trinajstić information content (AvgIpc) is 2.46. The van der Waals surface area contributed by atoms with Crippen molar-refractivity contribution in [2.24, 2.45) is 0 Å². The third-order valence-corrected chi connectivity index (χ3v) is 4.60. The molecular formula is C13H20N2O5S. The van der Waals surface area contributed by atoms with Crippen LogP contribution in [0.25, 0.3) is 0 Å². The minimum Gasteiger partial charge on any atom is -0.496 e. The molecule has 0 aliphatic heterocycles. The quantitative estimate of drug-likeness (QED) is 0.732. The molecule has 0 unspecified atom stereocenters. The van der Waals surface area contributed by atoms with E-state index in [1.54, 1.807) is 0 Å². The molecule has 7 nitrogen and oxygen atoms in total. The number of nitrogens with one attached hydrogen (secondary N) is 1. The largest absolute Gasteiger partial charge is 0.496 e. The molecule has 0 radical (unpaired) electrons. The van der Waals surface area contributed by atoms with Gasteiger partial charge in [-0.3, -0.25) is 4.79 Å². The van der Waals surface area contributed by atoms with Gasteiger partial charge in [-0.25, -0.2) is 12.7 Å². The van der Waals surface area contributed by atoms with Crippen LogP contribution in [0, 0.1) is 0 Å². The van der Waals surface area contributed by atoms with Gasteiger partial charge in [0.05, 0.1) is 24.2 Å². The average molecular weight is 316 g/mol. The van der Waals surface area contributed by atoms with Crippen LogP contribution in [0.2, 0.25) is 0 Å². The first-order valence-corrected chi connectivity index (χ1v) is 7.66. The van der Waals surface area contributed by atoms with Crippen molar-refractivity contribution in [1.82, 2.24) is 9.62 Å². The molecule has 0 atom stereocenters. The van der Waals surface area contributed by atoms with Crippen molar-refractivity contribution in [1.29, 1.82) is 0 Å². The van der Waals surface area contributed by atoms with Crippen molar-refractivity contribution in [3.05, 3.63) is 23.8 Å². The number of ether oxygens (including phenoxy) is 2. The SMILES string of the molecule is COCCNC(=O)c1cc(S(=O)(=O)N(C)C)ccc1OC. The van der Waals surface area contributed by atoms with Gasteiger partial charge in [0.15, 0.2) is 0 Å². The van der Waals surface area contributed by atoms with Crippen molar-refractivity contribution in [3.8, 4) is 5.75 Å².